The van der Waals surface area contributed by atoms with Crippen LogP contribution in [0, 0.1) is 0 Å². The first-order chi connectivity index (χ1) is 13.8. The fourth-order valence-corrected chi connectivity index (χ4v) is 1.98. The molecular formula is C23H28O6. The fraction of sp³-hybridized carbons (Fsp3) is 0.261. The Balaban J connectivity index is 0.000000459. The van der Waals surface area contributed by atoms with Crippen LogP contribution in [0.2, 0.25) is 0 Å². The molecule has 0 fully saturated rings. The van der Waals surface area contributed by atoms with Gasteiger partial charge in [0, 0.05) is 6.07 Å². The number of phenolic OH excluding ortho intramolecular Hbond substituents is 1. The summed E-state index contributed by atoms with van der Waals surface area (Å²) in [6.07, 6.45) is 1.25. The van der Waals surface area contributed by atoms with E-state index in [-0.39, 0.29) is 28.3 Å². The molecule has 0 aliphatic rings. The summed E-state index contributed by atoms with van der Waals surface area (Å²) in [5, 5.41) is 18.1. The van der Waals surface area contributed by atoms with Crippen LogP contribution in [0.1, 0.15) is 62.0 Å². The molecule has 1 aromatic heterocycles. The van der Waals surface area contributed by atoms with Gasteiger partial charge in [0.15, 0.2) is 11.2 Å². The Kier molecular flexibility index (Phi) is 12.1. The highest BCUT2D eigenvalue weighted by Crippen LogP contribution is 2.15. The average Bonchev–Trinajstić information content (AvgIpc) is 2.71. The maximum atomic E-state index is 11.4. The Labute approximate surface area is 170 Å². The average molecular weight is 400 g/mol. The third-order valence-corrected chi connectivity index (χ3v) is 3.13. The van der Waals surface area contributed by atoms with Crippen LogP contribution >= 0.6 is 0 Å². The molecule has 29 heavy (non-hydrogen) atoms. The number of para-hydroxylation sites is 2. The van der Waals surface area contributed by atoms with E-state index in [0.717, 1.165) is 6.07 Å². The third kappa shape index (κ3) is 8.43. The minimum absolute atomic E-state index is 0.0509. The smallest absolute Gasteiger partial charge is 0.371 e. The summed E-state index contributed by atoms with van der Waals surface area (Å²) < 4.78 is 5.00. The molecule has 2 aromatic carbocycles. The highest BCUT2D eigenvalue weighted by Gasteiger charge is 2.09. The zero-order valence-electron chi connectivity index (χ0n) is 17.4. The topological polar surface area (TPSA) is 105 Å². The lowest BCUT2D eigenvalue weighted by Crippen LogP contribution is -2.05. The van der Waals surface area contributed by atoms with Crippen molar-refractivity contribution in [3.05, 3.63) is 76.1 Å². The van der Waals surface area contributed by atoms with Gasteiger partial charge in [-0.25, -0.2) is 4.79 Å². The predicted octanol–water partition coefficient (Wildman–Crippen LogP) is 5.53. The molecular weight excluding hydrogens is 372 g/mol. The van der Waals surface area contributed by atoms with Gasteiger partial charge in [0.1, 0.15) is 11.3 Å². The van der Waals surface area contributed by atoms with Gasteiger partial charge in [0.05, 0.1) is 10.9 Å². The van der Waals surface area contributed by atoms with Gasteiger partial charge in [-0.2, -0.15) is 0 Å². The van der Waals surface area contributed by atoms with Crippen LogP contribution in [0.3, 0.4) is 0 Å². The quantitative estimate of drug-likeness (QED) is 0.548. The molecule has 0 saturated carbocycles. The number of hydrogen-bond acceptors (Lipinski definition) is 5. The first kappa shape index (κ1) is 25.6. The minimum Gasteiger partial charge on any atom is -0.507 e. The summed E-state index contributed by atoms with van der Waals surface area (Å²) in [5.74, 6) is -1.64. The molecule has 0 unspecified atom stereocenters. The maximum Gasteiger partial charge on any atom is 0.371 e. The number of rotatable bonds is 2. The molecule has 0 bridgehead atoms. The molecule has 2 N–H and O–H groups in total. The molecule has 1 heterocycles. The van der Waals surface area contributed by atoms with Crippen molar-refractivity contribution in [3.8, 4) is 5.75 Å². The molecule has 0 radical (unpaired) electrons. The minimum atomic E-state index is -1.24. The number of phenols is 1. The summed E-state index contributed by atoms with van der Waals surface area (Å²) in [6, 6.07) is 14.0. The zero-order valence-corrected chi connectivity index (χ0v) is 17.4. The lowest BCUT2D eigenvalue weighted by atomic mass is 10.1. The van der Waals surface area contributed by atoms with Crippen molar-refractivity contribution in [2.45, 2.75) is 41.0 Å². The number of carboxylic acids is 1. The number of carboxylic acid groups (broad SMARTS) is 1. The Bertz CT molecular complexity index is 972. The molecule has 6 nitrogen and oxygen atoms in total. The Morgan fingerprint density at radius 3 is 1.97 bits per heavy atom. The van der Waals surface area contributed by atoms with E-state index < -0.39 is 5.97 Å². The Morgan fingerprint density at radius 2 is 1.48 bits per heavy atom. The van der Waals surface area contributed by atoms with Crippen LogP contribution < -0.4 is 5.43 Å². The monoisotopic (exact) mass is 400 g/mol. The van der Waals surface area contributed by atoms with Crippen LogP contribution in [-0.4, -0.2) is 22.0 Å². The number of hydrogen-bond donors (Lipinski definition) is 2. The number of aromatic hydroxyl groups is 1. The van der Waals surface area contributed by atoms with Gasteiger partial charge in [-0.05, 0) is 31.2 Å². The lowest BCUT2D eigenvalue weighted by molar-refractivity contribution is 0.0662. The van der Waals surface area contributed by atoms with E-state index in [9.17, 15) is 14.4 Å². The number of benzene rings is 2. The van der Waals surface area contributed by atoms with Gasteiger partial charge in [-0.1, -0.05) is 58.4 Å². The van der Waals surface area contributed by atoms with E-state index in [0.29, 0.717) is 10.9 Å². The van der Waals surface area contributed by atoms with Gasteiger partial charge in [-0.3, -0.25) is 9.59 Å². The Morgan fingerprint density at radius 1 is 0.966 bits per heavy atom. The summed E-state index contributed by atoms with van der Waals surface area (Å²) in [5.41, 5.74) is 0.323. The number of carbonyl (C=O) groups excluding carboxylic acids is 1. The SMILES string of the molecule is CC.CC(=O)c1ccccc1O.CCC.O=C(O)c1cc(=O)c2ccccc2o1. The van der Waals surface area contributed by atoms with Gasteiger partial charge in [0.25, 0.3) is 0 Å². The van der Waals surface area contributed by atoms with Crippen molar-refractivity contribution >= 4 is 22.7 Å². The van der Waals surface area contributed by atoms with Gasteiger partial charge >= 0.3 is 5.97 Å². The lowest BCUT2D eigenvalue weighted by Gasteiger charge is -1.97. The van der Waals surface area contributed by atoms with Gasteiger partial charge < -0.3 is 14.6 Å². The Hall–Kier alpha value is -3.41. The molecule has 3 aromatic rings. The van der Waals surface area contributed by atoms with Gasteiger partial charge in [-0.15, -0.1) is 0 Å². The number of Topliss-reactive ketones (excluding diaryl/α,β-unsaturated/α-hetero) is 1. The van der Waals surface area contributed by atoms with Crippen LogP contribution in [0.5, 0.6) is 5.75 Å². The van der Waals surface area contributed by atoms with Crippen molar-refractivity contribution < 1.29 is 24.2 Å². The second kappa shape index (κ2) is 13.7. The molecule has 0 aliphatic carbocycles. The van der Waals surface area contributed by atoms with E-state index in [1.165, 1.54) is 19.4 Å². The van der Waals surface area contributed by atoms with Crippen molar-refractivity contribution in [1.29, 1.82) is 0 Å². The molecule has 0 atom stereocenters. The second-order valence-corrected chi connectivity index (χ2v) is 5.56. The summed E-state index contributed by atoms with van der Waals surface area (Å²) >= 11 is 0. The molecule has 0 aliphatic heterocycles. The van der Waals surface area contributed by atoms with E-state index in [4.69, 9.17) is 14.6 Å². The largest absolute Gasteiger partial charge is 0.507 e. The van der Waals surface area contributed by atoms with Crippen LogP contribution in [-0.2, 0) is 0 Å². The highest BCUT2D eigenvalue weighted by atomic mass is 16.4. The summed E-state index contributed by atoms with van der Waals surface area (Å²) in [4.78, 5) is 32.7. The normalized spacial score (nSPS) is 9.00. The molecule has 3 rings (SSSR count). The third-order valence-electron chi connectivity index (χ3n) is 3.13. The predicted molar refractivity (Wildman–Crippen MR) is 115 cm³/mol. The van der Waals surface area contributed by atoms with E-state index >= 15 is 0 Å². The first-order valence-electron chi connectivity index (χ1n) is 9.36. The molecule has 0 saturated heterocycles. The van der Waals surface area contributed by atoms with Crippen molar-refractivity contribution in [1.82, 2.24) is 0 Å². The van der Waals surface area contributed by atoms with E-state index in [1.54, 1.807) is 42.5 Å². The zero-order chi connectivity index (χ0) is 22.4. The fourth-order valence-electron chi connectivity index (χ4n) is 1.98. The number of aromatic carboxylic acids is 1. The van der Waals surface area contributed by atoms with Crippen LogP contribution in [0.25, 0.3) is 11.0 Å². The van der Waals surface area contributed by atoms with Crippen LogP contribution in [0.4, 0.5) is 0 Å². The second-order valence-electron chi connectivity index (χ2n) is 5.56. The molecule has 0 spiro atoms. The van der Waals surface area contributed by atoms with Crippen molar-refractivity contribution in [2.24, 2.45) is 0 Å². The maximum absolute atomic E-state index is 11.4. The highest BCUT2D eigenvalue weighted by molar-refractivity contribution is 5.96. The summed E-state index contributed by atoms with van der Waals surface area (Å²) in [7, 11) is 0. The standard InChI is InChI=1S/C10H6O4.C8H8O2.C3H8.C2H6/c11-7-5-9(10(12)13)14-8-4-2-1-3-6(7)8;1-6(9)7-4-2-3-5-8(7)10;1-3-2;1-2/h1-5H,(H,12,13);2-5,10H,1H3;3H2,1-2H3;1-2H3. The van der Waals surface area contributed by atoms with Crippen molar-refractivity contribution in [3.63, 3.8) is 0 Å². The number of carbonyl (C=O) groups is 2. The molecule has 0 amide bonds. The van der Waals surface area contributed by atoms with Crippen LogP contribution in [0.15, 0.2) is 63.8 Å². The number of ketones is 1. The van der Waals surface area contributed by atoms with E-state index in [2.05, 4.69) is 13.8 Å². The van der Waals surface area contributed by atoms with E-state index in [1.807, 2.05) is 13.8 Å². The van der Waals surface area contributed by atoms with Gasteiger partial charge in [0.2, 0.25) is 5.76 Å². The molecule has 156 valence electrons. The number of fused-ring (bicyclic) bond motifs is 1. The summed E-state index contributed by atoms with van der Waals surface area (Å²) in [6.45, 7) is 9.68. The first-order valence-corrected chi connectivity index (χ1v) is 9.36. The molecule has 6 heteroatoms. The van der Waals surface area contributed by atoms with Crippen molar-refractivity contribution in [2.75, 3.05) is 0 Å².